The van der Waals surface area contributed by atoms with E-state index >= 15 is 0 Å². The molecule has 0 atom stereocenters. The van der Waals surface area contributed by atoms with Crippen LogP contribution < -0.4 is 0 Å². The van der Waals surface area contributed by atoms with Crippen LogP contribution in [0, 0.1) is 17.8 Å². The molecule has 0 aromatic heterocycles. The average molecular weight is 208 g/mol. The molecule has 0 aromatic carbocycles. The number of hydrogen-bond acceptors (Lipinski definition) is 1. The van der Waals surface area contributed by atoms with Crippen molar-refractivity contribution in [2.45, 2.75) is 70.8 Å². The Morgan fingerprint density at radius 2 is 2.00 bits per heavy atom. The van der Waals surface area contributed by atoms with E-state index in [1.807, 2.05) is 6.92 Å². The summed E-state index contributed by atoms with van der Waals surface area (Å²) in [6.45, 7) is 4.11. The van der Waals surface area contributed by atoms with Crippen LogP contribution in [0.3, 0.4) is 0 Å². The molecule has 1 aliphatic rings. The van der Waals surface area contributed by atoms with Crippen molar-refractivity contribution in [3.05, 3.63) is 0 Å². The van der Waals surface area contributed by atoms with Gasteiger partial charge in [-0.2, -0.15) is 0 Å². The highest BCUT2D eigenvalue weighted by Crippen LogP contribution is 2.36. The molecule has 1 saturated carbocycles. The van der Waals surface area contributed by atoms with Crippen LogP contribution in [-0.2, 0) is 0 Å². The topological polar surface area (TPSA) is 20.2 Å². The zero-order valence-electron chi connectivity index (χ0n) is 10.2. The minimum absolute atomic E-state index is 0.395. The maximum atomic E-state index is 10.3. The number of aliphatic hydroxyl groups is 1. The van der Waals surface area contributed by atoms with Crippen molar-refractivity contribution < 1.29 is 5.11 Å². The molecule has 1 fully saturated rings. The third-order valence-electron chi connectivity index (χ3n) is 3.62. The second-order valence-corrected chi connectivity index (χ2v) is 4.88. The summed E-state index contributed by atoms with van der Waals surface area (Å²) in [7, 11) is 0. The minimum atomic E-state index is -0.395. The summed E-state index contributed by atoms with van der Waals surface area (Å²) in [5.74, 6) is 6.81. The van der Waals surface area contributed by atoms with E-state index in [-0.39, 0.29) is 0 Å². The second-order valence-electron chi connectivity index (χ2n) is 4.88. The van der Waals surface area contributed by atoms with Crippen LogP contribution in [0.5, 0.6) is 0 Å². The van der Waals surface area contributed by atoms with E-state index in [9.17, 15) is 5.11 Å². The van der Waals surface area contributed by atoms with Gasteiger partial charge in [-0.05, 0) is 44.9 Å². The van der Waals surface area contributed by atoms with E-state index in [2.05, 4.69) is 18.8 Å². The van der Waals surface area contributed by atoms with Crippen LogP contribution in [0.15, 0.2) is 0 Å². The van der Waals surface area contributed by atoms with E-state index in [1.54, 1.807) is 0 Å². The molecule has 0 saturated heterocycles. The Morgan fingerprint density at radius 3 is 2.53 bits per heavy atom. The summed E-state index contributed by atoms with van der Waals surface area (Å²) < 4.78 is 0. The van der Waals surface area contributed by atoms with Gasteiger partial charge in [-0.15, -0.1) is 11.8 Å². The maximum Gasteiger partial charge on any atom is 0.0657 e. The zero-order valence-corrected chi connectivity index (χ0v) is 10.2. The van der Waals surface area contributed by atoms with E-state index in [0.717, 1.165) is 31.6 Å². The van der Waals surface area contributed by atoms with Gasteiger partial charge in [0.2, 0.25) is 0 Å². The van der Waals surface area contributed by atoms with Crippen molar-refractivity contribution in [1.82, 2.24) is 0 Å². The smallest absolute Gasteiger partial charge is 0.0657 e. The van der Waals surface area contributed by atoms with Gasteiger partial charge in [0.25, 0.3) is 0 Å². The van der Waals surface area contributed by atoms with Gasteiger partial charge < -0.3 is 5.11 Å². The molecule has 0 spiro atoms. The summed E-state index contributed by atoms with van der Waals surface area (Å²) in [6.07, 6.45) is 8.74. The van der Waals surface area contributed by atoms with Crippen molar-refractivity contribution >= 4 is 0 Å². The third kappa shape index (κ3) is 4.26. The largest absolute Gasteiger partial charge is 0.390 e. The lowest BCUT2D eigenvalue weighted by Gasteiger charge is -2.35. The van der Waals surface area contributed by atoms with Crippen LogP contribution in [0.1, 0.15) is 65.2 Å². The molecule has 86 valence electrons. The first-order valence-electron chi connectivity index (χ1n) is 6.32. The lowest BCUT2D eigenvalue weighted by Crippen LogP contribution is -2.33. The first-order chi connectivity index (χ1) is 7.20. The summed E-state index contributed by atoms with van der Waals surface area (Å²) in [5.41, 5.74) is -0.395. The van der Waals surface area contributed by atoms with Crippen LogP contribution in [0.25, 0.3) is 0 Å². The highest BCUT2D eigenvalue weighted by Gasteiger charge is 2.31. The Morgan fingerprint density at radius 1 is 1.33 bits per heavy atom. The van der Waals surface area contributed by atoms with Gasteiger partial charge in [-0.3, -0.25) is 0 Å². The monoisotopic (exact) mass is 208 g/mol. The predicted molar refractivity (Wildman–Crippen MR) is 64.5 cm³/mol. The molecular weight excluding hydrogens is 184 g/mol. The summed E-state index contributed by atoms with van der Waals surface area (Å²) in [6, 6.07) is 0. The van der Waals surface area contributed by atoms with Crippen molar-refractivity contribution in [3.63, 3.8) is 0 Å². The predicted octanol–water partition coefficient (Wildman–Crippen LogP) is 3.51. The van der Waals surface area contributed by atoms with Crippen molar-refractivity contribution in [1.29, 1.82) is 0 Å². The fourth-order valence-corrected chi connectivity index (χ4v) is 2.58. The Balaban J connectivity index is 2.29. The molecule has 0 aliphatic heterocycles. The molecule has 1 N–H and O–H groups in total. The quantitative estimate of drug-likeness (QED) is 0.701. The van der Waals surface area contributed by atoms with Gasteiger partial charge in [0.1, 0.15) is 0 Å². The molecule has 1 aliphatic carbocycles. The number of hydrogen-bond donors (Lipinski definition) is 1. The van der Waals surface area contributed by atoms with E-state index in [1.165, 1.54) is 25.7 Å². The molecule has 1 heteroatoms. The molecule has 0 aromatic rings. The molecule has 0 radical (unpaired) electrons. The highest BCUT2D eigenvalue weighted by molar-refractivity contribution is 4.97. The van der Waals surface area contributed by atoms with Gasteiger partial charge in [0.05, 0.1) is 5.60 Å². The van der Waals surface area contributed by atoms with Gasteiger partial charge in [0, 0.05) is 6.42 Å². The van der Waals surface area contributed by atoms with Crippen LogP contribution >= 0.6 is 0 Å². The molecule has 1 rings (SSSR count). The van der Waals surface area contributed by atoms with Crippen LogP contribution in [0.2, 0.25) is 0 Å². The Hall–Kier alpha value is -0.480. The highest BCUT2D eigenvalue weighted by atomic mass is 16.3. The summed E-state index contributed by atoms with van der Waals surface area (Å²) >= 11 is 0. The molecular formula is C14H24O. The fraction of sp³-hybridized carbons (Fsp3) is 0.857. The molecule has 1 nitrogen and oxygen atoms in total. The van der Waals surface area contributed by atoms with Crippen LogP contribution in [-0.4, -0.2) is 10.7 Å². The fourth-order valence-electron chi connectivity index (χ4n) is 2.58. The van der Waals surface area contributed by atoms with Gasteiger partial charge in [-0.25, -0.2) is 0 Å². The Bertz CT molecular complexity index is 225. The molecule has 0 heterocycles. The van der Waals surface area contributed by atoms with E-state index in [0.29, 0.717) is 0 Å². The lowest BCUT2D eigenvalue weighted by atomic mass is 9.75. The second kappa shape index (κ2) is 6.18. The summed E-state index contributed by atoms with van der Waals surface area (Å²) in [4.78, 5) is 0. The third-order valence-corrected chi connectivity index (χ3v) is 3.62. The maximum absolute atomic E-state index is 10.3. The van der Waals surface area contributed by atoms with Gasteiger partial charge in [0.15, 0.2) is 0 Å². The van der Waals surface area contributed by atoms with Crippen molar-refractivity contribution in [2.24, 2.45) is 5.92 Å². The van der Waals surface area contributed by atoms with Crippen molar-refractivity contribution in [2.75, 3.05) is 0 Å². The van der Waals surface area contributed by atoms with Crippen molar-refractivity contribution in [3.8, 4) is 11.8 Å². The minimum Gasteiger partial charge on any atom is -0.390 e. The molecule has 0 unspecified atom stereocenters. The first kappa shape index (κ1) is 12.6. The van der Waals surface area contributed by atoms with E-state index in [4.69, 9.17) is 0 Å². The molecule has 15 heavy (non-hydrogen) atoms. The molecule has 0 amide bonds. The Labute approximate surface area is 94.3 Å². The summed E-state index contributed by atoms with van der Waals surface area (Å²) in [5, 5.41) is 10.3. The lowest BCUT2D eigenvalue weighted by molar-refractivity contribution is -0.0162. The van der Waals surface area contributed by atoms with E-state index < -0.39 is 5.60 Å². The van der Waals surface area contributed by atoms with Crippen LogP contribution in [0.4, 0.5) is 0 Å². The first-order valence-corrected chi connectivity index (χ1v) is 6.32. The zero-order chi connectivity index (χ0) is 11.1. The normalized spacial score (nSPS) is 30.7. The Kier molecular flexibility index (Phi) is 5.19. The van der Waals surface area contributed by atoms with Gasteiger partial charge >= 0.3 is 0 Å². The van der Waals surface area contributed by atoms with Gasteiger partial charge in [-0.1, -0.05) is 19.8 Å². The standard InChI is InChI=1S/C14H24O/c1-3-5-6-10-14(15)11-8-13(7-4-2)9-12-14/h13,15H,4,6-12H2,1-2H3. The SMILES string of the molecule is CC#CCCC1(O)CCC(CCC)CC1. The number of rotatable bonds is 4. The average Bonchev–Trinajstić information content (AvgIpc) is 2.23. The molecule has 0 bridgehead atoms.